The summed E-state index contributed by atoms with van der Waals surface area (Å²) >= 11 is 0. The molecule has 3 nitrogen and oxygen atoms in total. The van der Waals surface area contributed by atoms with E-state index in [1.165, 1.54) is 18.2 Å². The van der Waals surface area contributed by atoms with Crippen LogP contribution in [-0.2, 0) is 10.5 Å². The van der Waals surface area contributed by atoms with Gasteiger partial charge in [0.25, 0.3) is 0 Å². The Labute approximate surface area is 145 Å². The van der Waals surface area contributed by atoms with Gasteiger partial charge in [0.05, 0.1) is 5.41 Å². The van der Waals surface area contributed by atoms with Gasteiger partial charge in [-0.25, -0.2) is 8.78 Å². The average Bonchev–Trinajstić information content (AvgIpc) is 2.57. The summed E-state index contributed by atoms with van der Waals surface area (Å²) in [6.45, 7) is 3.95. The Morgan fingerprint density at radius 1 is 1.08 bits per heavy atom. The molecule has 1 saturated heterocycles. The lowest BCUT2D eigenvalue weighted by Crippen LogP contribution is -2.69. The maximum absolute atomic E-state index is 15.4. The minimum absolute atomic E-state index is 0.221. The summed E-state index contributed by atoms with van der Waals surface area (Å²) < 4.78 is 29.0. The molecule has 0 radical (unpaired) electrons. The zero-order chi connectivity index (χ0) is 17.8. The van der Waals surface area contributed by atoms with Crippen molar-refractivity contribution in [2.24, 2.45) is 5.41 Å². The molecule has 1 atom stereocenters. The Balaban J connectivity index is 2.00. The van der Waals surface area contributed by atoms with E-state index in [1.54, 1.807) is 18.2 Å². The molecular weight excluding hydrogens is 322 g/mol. The minimum Gasteiger partial charge on any atom is -0.338 e. The number of amides is 1. The van der Waals surface area contributed by atoms with E-state index in [0.717, 1.165) is 0 Å². The van der Waals surface area contributed by atoms with Gasteiger partial charge in [0.1, 0.15) is 5.82 Å². The maximum Gasteiger partial charge on any atom is 0.229 e. The lowest BCUT2D eigenvalue weighted by molar-refractivity contribution is -0.133. The molecule has 128 valence electrons. The predicted octanol–water partition coefficient (Wildman–Crippen LogP) is 3.97. The van der Waals surface area contributed by atoms with Crippen molar-refractivity contribution in [2.45, 2.75) is 19.5 Å². The summed E-state index contributed by atoms with van der Waals surface area (Å²) in [5, 5.41) is 2.89. The SMILES string of the molecule is CC1(C)CN2c3ccc(F)cc3C=C(F)C2(c2ccccc2)NC1=O. The number of halogens is 2. The Morgan fingerprint density at radius 2 is 1.80 bits per heavy atom. The number of nitrogens with one attached hydrogen (secondary N) is 1. The van der Waals surface area contributed by atoms with Gasteiger partial charge in [-0.2, -0.15) is 0 Å². The van der Waals surface area contributed by atoms with Crippen LogP contribution >= 0.6 is 0 Å². The number of anilines is 1. The third-order valence-electron chi connectivity index (χ3n) is 4.97. The summed E-state index contributed by atoms with van der Waals surface area (Å²) in [7, 11) is 0. The van der Waals surface area contributed by atoms with Crippen molar-refractivity contribution in [1.29, 1.82) is 0 Å². The quantitative estimate of drug-likeness (QED) is 0.852. The van der Waals surface area contributed by atoms with E-state index in [1.807, 2.05) is 36.9 Å². The molecule has 2 aromatic carbocycles. The molecule has 0 spiro atoms. The fourth-order valence-corrected chi connectivity index (χ4v) is 3.61. The molecule has 2 aliphatic rings. The molecule has 1 N–H and O–H groups in total. The van der Waals surface area contributed by atoms with Gasteiger partial charge in [-0.1, -0.05) is 30.3 Å². The zero-order valence-electron chi connectivity index (χ0n) is 14.0. The summed E-state index contributed by atoms with van der Waals surface area (Å²) in [5.74, 6) is -1.17. The number of carbonyl (C=O) groups is 1. The summed E-state index contributed by atoms with van der Waals surface area (Å²) in [5.41, 5.74) is -0.321. The van der Waals surface area contributed by atoms with E-state index >= 15 is 4.39 Å². The van der Waals surface area contributed by atoms with Crippen molar-refractivity contribution in [3.8, 4) is 0 Å². The zero-order valence-corrected chi connectivity index (χ0v) is 14.0. The first-order valence-corrected chi connectivity index (χ1v) is 8.18. The third-order valence-corrected chi connectivity index (χ3v) is 4.97. The first-order chi connectivity index (χ1) is 11.8. The van der Waals surface area contributed by atoms with Gasteiger partial charge in [0, 0.05) is 23.4 Å². The number of rotatable bonds is 1. The van der Waals surface area contributed by atoms with Gasteiger partial charge in [-0.3, -0.25) is 4.79 Å². The van der Waals surface area contributed by atoms with Gasteiger partial charge in [0.15, 0.2) is 11.5 Å². The first kappa shape index (κ1) is 15.8. The van der Waals surface area contributed by atoms with Crippen LogP contribution in [0.2, 0.25) is 0 Å². The van der Waals surface area contributed by atoms with Crippen LogP contribution in [0.5, 0.6) is 0 Å². The highest BCUT2D eigenvalue weighted by Crippen LogP contribution is 2.48. The van der Waals surface area contributed by atoms with E-state index in [-0.39, 0.29) is 5.91 Å². The van der Waals surface area contributed by atoms with Gasteiger partial charge in [-0.05, 0) is 38.1 Å². The summed E-state index contributed by atoms with van der Waals surface area (Å²) in [6, 6.07) is 13.3. The average molecular weight is 340 g/mol. The first-order valence-electron chi connectivity index (χ1n) is 8.18. The number of benzene rings is 2. The lowest BCUT2D eigenvalue weighted by atomic mass is 9.80. The standard InChI is InChI=1S/C20H18F2N2O/c1-19(2)12-24-16-9-8-15(21)10-13(16)11-17(22)20(24,23-18(19)25)14-6-4-3-5-7-14/h3-11H,12H2,1-2H3,(H,23,25). The van der Waals surface area contributed by atoms with Crippen LogP contribution in [0.3, 0.4) is 0 Å². The molecule has 5 heteroatoms. The monoisotopic (exact) mass is 340 g/mol. The minimum atomic E-state index is -1.40. The Hall–Kier alpha value is -2.69. The van der Waals surface area contributed by atoms with Crippen LogP contribution in [-0.4, -0.2) is 12.5 Å². The van der Waals surface area contributed by atoms with Crippen molar-refractivity contribution >= 4 is 17.7 Å². The summed E-state index contributed by atoms with van der Waals surface area (Å²) in [4.78, 5) is 14.5. The van der Waals surface area contributed by atoms with E-state index in [9.17, 15) is 9.18 Å². The second-order valence-electron chi connectivity index (χ2n) is 7.20. The van der Waals surface area contributed by atoms with Crippen molar-refractivity contribution in [3.05, 3.63) is 71.3 Å². The highest BCUT2D eigenvalue weighted by molar-refractivity contribution is 5.89. The summed E-state index contributed by atoms with van der Waals surface area (Å²) in [6.07, 6.45) is 1.31. The van der Waals surface area contributed by atoms with Crippen molar-refractivity contribution in [1.82, 2.24) is 5.32 Å². The highest BCUT2D eigenvalue weighted by Gasteiger charge is 2.54. The molecule has 0 aromatic heterocycles. The molecule has 25 heavy (non-hydrogen) atoms. The van der Waals surface area contributed by atoms with Gasteiger partial charge < -0.3 is 10.2 Å². The molecule has 1 unspecified atom stereocenters. The van der Waals surface area contributed by atoms with Crippen molar-refractivity contribution in [2.75, 3.05) is 11.4 Å². The van der Waals surface area contributed by atoms with E-state index in [0.29, 0.717) is 23.4 Å². The highest BCUT2D eigenvalue weighted by atomic mass is 19.1. The van der Waals surface area contributed by atoms with Crippen LogP contribution in [0, 0.1) is 11.2 Å². The maximum atomic E-state index is 15.4. The fourth-order valence-electron chi connectivity index (χ4n) is 3.61. The van der Waals surface area contributed by atoms with Gasteiger partial charge in [-0.15, -0.1) is 0 Å². The van der Waals surface area contributed by atoms with Crippen molar-refractivity contribution in [3.63, 3.8) is 0 Å². The molecular formula is C20H18F2N2O. The molecule has 2 aromatic rings. The molecule has 1 amide bonds. The second-order valence-corrected chi connectivity index (χ2v) is 7.20. The van der Waals surface area contributed by atoms with Crippen LogP contribution in [0.25, 0.3) is 6.08 Å². The molecule has 4 rings (SSSR count). The van der Waals surface area contributed by atoms with Crippen molar-refractivity contribution < 1.29 is 13.6 Å². The number of fused-ring (bicyclic) bond motifs is 3. The number of hydrogen-bond donors (Lipinski definition) is 1. The predicted molar refractivity (Wildman–Crippen MR) is 92.9 cm³/mol. The largest absolute Gasteiger partial charge is 0.338 e. The van der Waals surface area contributed by atoms with Crippen LogP contribution in [0.1, 0.15) is 25.0 Å². The molecule has 1 fully saturated rings. The molecule has 0 aliphatic carbocycles. The molecule has 0 saturated carbocycles. The number of nitrogens with zero attached hydrogens (tertiary/aromatic N) is 1. The fraction of sp³-hybridized carbons (Fsp3) is 0.250. The molecule has 0 bridgehead atoms. The van der Waals surface area contributed by atoms with Gasteiger partial charge >= 0.3 is 0 Å². The van der Waals surface area contributed by atoms with E-state index < -0.39 is 22.7 Å². The van der Waals surface area contributed by atoms with Gasteiger partial charge in [0.2, 0.25) is 5.91 Å². The van der Waals surface area contributed by atoms with Crippen LogP contribution in [0.4, 0.5) is 14.5 Å². The Kier molecular flexibility index (Phi) is 3.26. The smallest absolute Gasteiger partial charge is 0.229 e. The number of hydrogen-bond acceptors (Lipinski definition) is 2. The topological polar surface area (TPSA) is 32.3 Å². The Bertz CT molecular complexity index is 892. The molecule has 2 aliphatic heterocycles. The van der Waals surface area contributed by atoms with E-state index in [2.05, 4.69) is 5.32 Å². The second kappa shape index (κ2) is 5.15. The Morgan fingerprint density at radius 3 is 2.52 bits per heavy atom. The lowest BCUT2D eigenvalue weighted by Gasteiger charge is -2.54. The van der Waals surface area contributed by atoms with Crippen LogP contribution in [0.15, 0.2) is 54.4 Å². The number of carbonyl (C=O) groups excluding carboxylic acids is 1. The third kappa shape index (κ3) is 2.18. The van der Waals surface area contributed by atoms with E-state index in [4.69, 9.17) is 0 Å². The van der Waals surface area contributed by atoms with Crippen LogP contribution < -0.4 is 10.2 Å². The molecule has 2 heterocycles. The normalized spacial score (nSPS) is 24.1.